The van der Waals surface area contributed by atoms with Crippen molar-refractivity contribution in [1.82, 2.24) is 20.4 Å². The topological polar surface area (TPSA) is 44.0 Å². The molecule has 1 aromatic carbocycles. The molecule has 4 nitrogen and oxygen atoms in total. The van der Waals surface area contributed by atoms with E-state index in [9.17, 15) is 4.39 Å². The quantitative estimate of drug-likeness (QED) is 0.859. The molecule has 0 bridgehead atoms. The maximum absolute atomic E-state index is 13.0. The number of hydrogen-bond acceptors (Lipinski definition) is 3. The van der Waals surface area contributed by atoms with Crippen molar-refractivity contribution in [1.29, 1.82) is 0 Å². The van der Waals surface area contributed by atoms with E-state index in [4.69, 9.17) is 0 Å². The first kappa shape index (κ1) is 15.7. The van der Waals surface area contributed by atoms with Gasteiger partial charge in [0.05, 0.1) is 5.69 Å². The average molecular weight is 290 g/mol. The van der Waals surface area contributed by atoms with E-state index in [-0.39, 0.29) is 11.9 Å². The van der Waals surface area contributed by atoms with Gasteiger partial charge in [-0.2, -0.15) is 5.10 Å². The number of aryl methyl sites for hydroxylation is 2. The Balaban J connectivity index is 1.99. The number of aromatic nitrogens is 2. The van der Waals surface area contributed by atoms with Crippen LogP contribution < -0.4 is 5.32 Å². The number of nitrogens with zero attached hydrogens (tertiary/aromatic N) is 2. The molecule has 114 valence electrons. The lowest BCUT2D eigenvalue weighted by Crippen LogP contribution is -2.31. The number of halogens is 1. The highest BCUT2D eigenvalue weighted by molar-refractivity contribution is 5.23. The molecule has 1 heterocycles. The van der Waals surface area contributed by atoms with Crippen molar-refractivity contribution in [2.24, 2.45) is 0 Å². The van der Waals surface area contributed by atoms with Crippen LogP contribution in [0.2, 0.25) is 0 Å². The van der Waals surface area contributed by atoms with Crippen molar-refractivity contribution in [2.75, 3.05) is 20.6 Å². The number of likely N-dealkylation sites (N-methyl/N-ethyl adjacent to an activating group) is 1. The number of nitrogens with one attached hydrogen (secondary N) is 2. The van der Waals surface area contributed by atoms with E-state index in [1.807, 2.05) is 40.1 Å². The summed E-state index contributed by atoms with van der Waals surface area (Å²) in [6, 6.07) is 6.91. The summed E-state index contributed by atoms with van der Waals surface area (Å²) in [5.41, 5.74) is 4.45. The Morgan fingerprint density at radius 3 is 2.43 bits per heavy atom. The highest BCUT2D eigenvalue weighted by Gasteiger charge is 2.14. The molecule has 1 unspecified atom stereocenters. The number of aromatic amines is 1. The van der Waals surface area contributed by atoms with Gasteiger partial charge in [0.25, 0.3) is 0 Å². The standard InChI is InChI=1S/C16H23FN4/c1-11-15(12(2)20-19-11)9-18-10-16(21(3)4)13-5-7-14(17)8-6-13/h5-8,16,18H,9-10H2,1-4H3,(H,19,20). The Hall–Kier alpha value is -1.72. The van der Waals surface area contributed by atoms with Gasteiger partial charge in [-0.3, -0.25) is 5.10 Å². The summed E-state index contributed by atoms with van der Waals surface area (Å²) in [6.07, 6.45) is 0. The Bertz CT molecular complexity index is 555. The number of rotatable bonds is 6. The normalized spacial score (nSPS) is 12.9. The van der Waals surface area contributed by atoms with Crippen LogP contribution in [0.4, 0.5) is 4.39 Å². The summed E-state index contributed by atoms with van der Waals surface area (Å²) in [5.74, 6) is -0.200. The Kier molecular flexibility index (Phi) is 5.09. The van der Waals surface area contributed by atoms with E-state index in [0.717, 1.165) is 30.0 Å². The van der Waals surface area contributed by atoms with Gasteiger partial charge in [-0.15, -0.1) is 0 Å². The average Bonchev–Trinajstić information content (AvgIpc) is 2.76. The zero-order valence-electron chi connectivity index (χ0n) is 13.1. The molecule has 21 heavy (non-hydrogen) atoms. The summed E-state index contributed by atoms with van der Waals surface area (Å²) >= 11 is 0. The molecule has 1 atom stereocenters. The minimum atomic E-state index is -0.200. The first-order valence-corrected chi connectivity index (χ1v) is 7.12. The summed E-state index contributed by atoms with van der Waals surface area (Å²) in [4.78, 5) is 2.13. The fourth-order valence-corrected chi connectivity index (χ4v) is 2.45. The minimum Gasteiger partial charge on any atom is -0.311 e. The predicted octanol–water partition coefficient (Wildman–Crippen LogP) is 2.56. The third-order valence-corrected chi connectivity index (χ3v) is 3.80. The fourth-order valence-electron chi connectivity index (χ4n) is 2.45. The van der Waals surface area contributed by atoms with Crippen molar-refractivity contribution < 1.29 is 4.39 Å². The van der Waals surface area contributed by atoms with Gasteiger partial charge in [0, 0.05) is 30.4 Å². The summed E-state index contributed by atoms with van der Waals surface area (Å²) in [7, 11) is 4.06. The molecule has 0 saturated heterocycles. The molecule has 2 aromatic rings. The lowest BCUT2D eigenvalue weighted by Gasteiger charge is -2.25. The lowest BCUT2D eigenvalue weighted by molar-refractivity contribution is 0.288. The van der Waals surface area contributed by atoms with Crippen LogP contribution in [0.3, 0.4) is 0 Å². The van der Waals surface area contributed by atoms with E-state index < -0.39 is 0 Å². The van der Waals surface area contributed by atoms with Crippen molar-refractivity contribution in [3.63, 3.8) is 0 Å². The SMILES string of the molecule is Cc1n[nH]c(C)c1CNCC(c1ccc(F)cc1)N(C)C. The van der Waals surface area contributed by atoms with Crippen LogP contribution in [0.15, 0.2) is 24.3 Å². The van der Waals surface area contributed by atoms with E-state index in [1.54, 1.807) is 0 Å². The van der Waals surface area contributed by atoms with Crippen LogP contribution >= 0.6 is 0 Å². The zero-order chi connectivity index (χ0) is 15.4. The molecule has 0 aliphatic rings. The minimum absolute atomic E-state index is 0.200. The molecule has 0 radical (unpaired) electrons. The second kappa shape index (κ2) is 6.83. The van der Waals surface area contributed by atoms with E-state index >= 15 is 0 Å². The maximum atomic E-state index is 13.0. The summed E-state index contributed by atoms with van der Waals surface area (Å²) in [6.45, 7) is 5.60. The van der Waals surface area contributed by atoms with Crippen molar-refractivity contribution in [3.05, 3.63) is 52.6 Å². The lowest BCUT2D eigenvalue weighted by atomic mass is 10.1. The number of benzene rings is 1. The van der Waals surface area contributed by atoms with Crippen molar-refractivity contribution >= 4 is 0 Å². The van der Waals surface area contributed by atoms with Gasteiger partial charge in [0.15, 0.2) is 0 Å². The maximum Gasteiger partial charge on any atom is 0.123 e. The smallest absolute Gasteiger partial charge is 0.123 e. The van der Waals surface area contributed by atoms with Gasteiger partial charge >= 0.3 is 0 Å². The van der Waals surface area contributed by atoms with Gasteiger partial charge < -0.3 is 10.2 Å². The molecule has 0 aliphatic heterocycles. The third kappa shape index (κ3) is 3.89. The highest BCUT2D eigenvalue weighted by atomic mass is 19.1. The largest absolute Gasteiger partial charge is 0.311 e. The van der Waals surface area contributed by atoms with Gasteiger partial charge in [-0.05, 0) is 45.6 Å². The van der Waals surface area contributed by atoms with Crippen LogP contribution in [0, 0.1) is 19.7 Å². The molecule has 0 fully saturated rings. The predicted molar refractivity (Wildman–Crippen MR) is 82.6 cm³/mol. The second-order valence-corrected chi connectivity index (χ2v) is 5.57. The zero-order valence-corrected chi connectivity index (χ0v) is 13.1. The monoisotopic (exact) mass is 290 g/mol. The second-order valence-electron chi connectivity index (χ2n) is 5.57. The first-order chi connectivity index (χ1) is 9.99. The van der Waals surface area contributed by atoms with Crippen molar-refractivity contribution in [3.8, 4) is 0 Å². The third-order valence-electron chi connectivity index (χ3n) is 3.80. The van der Waals surface area contributed by atoms with Gasteiger partial charge in [-0.25, -0.2) is 4.39 Å². The van der Waals surface area contributed by atoms with Crippen LogP contribution in [0.25, 0.3) is 0 Å². The van der Waals surface area contributed by atoms with Crippen LogP contribution in [0.1, 0.15) is 28.6 Å². The molecule has 2 rings (SSSR count). The van der Waals surface area contributed by atoms with Gasteiger partial charge in [0.1, 0.15) is 5.82 Å². The Morgan fingerprint density at radius 2 is 1.90 bits per heavy atom. The molecule has 0 saturated carbocycles. The molecule has 0 aliphatic carbocycles. The molecule has 0 amide bonds. The summed E-state index contributed by atoms with van der Waals surface area (Å²) in [5, 5.41) is 10.7. The highest BCUT2D eigenvalue weighted by Crippen LogP contribution is 2.18. The first-order valence-electron chi connectivity index (χ1n) is 7.12. The van der Waals surface area contributed by atoms with E-state index in [0.29, 0.717) is 0 Å². The Labute approximate surface area is 125 Å². The molecular formula is C16H23FN4. The van der Waals surface area contributed by atoms with E-state index in [2.05, 4.69) is 20.4 Å². The van der Waals surface area contributed by atoms with E-state index in [1.165, 1.54) is 17.7 Å². The molecule has 1 aromatic heterocycles. The van der Waals surface area contributed by atoms with Gasteiger partial charge in [-0.1, -0.05) is 12.1 Å². The Morgan fingerprint density at radius 1 is 1.24 bits per heavy atom. The fraction of sp³-hybridized carbons (Fsp3) is 0.438. The molecule has 5 heteroatoms. The molecule has 2 N–H and O–H groups in total. The van der Waals surface area contributed by atoms with Crippen LogP contribution in [0.5, 0.6) is 0 Å². The van der Waals surface area contributed by atoms with Crippen LogP contribution in [-0.2, 0) is 6.54 Å². The van der Waals surface area contributed by atoms with Crippen LogP contribution in [-0.4, -0.2) is 35.7 Å². The molecule has 0 spiro atoms. The van der Waals surface area contributed by atoms with Crippen molar-refractivity contribution in [2.45, 2.75) is 26.4 Å². The van der Waals surface area contributed by atoms with Gasteiger partial charge in [0.2, 0.25) is 0 Å². The molecular weight excluding hydrogens is 267 g/mol. The number of H-pyrrole nitrogens is 1. The summed E-state index contributed by atoms with van der Waals surface area (Å²) < 4.78 is 13.0. The number of hydrogen-bond donors (Lipinski definition) is 2.